The second-order valence-corrected chi connectivity index (χ2v) is 31.6. The van der Waals surface area contributed by atoms with E-state index in [9.17, 15) is 94.1 Å². The number of benzene rings is 5. The number of carboxylic acid groups (broad SMARTS) is 6. The predicted molar refractivity (Wildman–Crippen MR) is 443 cm³/mol. The highest BCUT2D eigenvalue weighted by atomic mass is 35.5. The summed E-state index contributed by atoms with van der Waals surface area (Å²) in [5.41, 5.74) is 10.5. The quantitative estimate of drug-likeness (QED) is 0.0370. The van der Waals surface area contributed by atoms with Crippen molar-refractivity contribution in [2.24, 2.45) is 0 Å². The molecule has 5 aromatic carbocycles. The molecule has 7 heterocycles. The molecule has 6 aliphatic rings. The van der Waals surface area contributed by atoms with Crippen LogP contribution in [0.3, 0.4) is 0 Å². The van der Waals surface area contributed by atoms with Gasteiger partial charge in [-0.05, 0) is 179 Å². The summed E-state index contributed by atoms with van der Waals surface area (Å²) >= 11 is 6.17. The van der Waals surface area contributed by atoms with Crippen molar-refractivity contribution in [2.75, 3.05) is 25.7 Å². The van der Waals surface area contributed by atoms with Gasteiger partial charge in [0.25, 0.3) is 0 Å². The van der Waals surface area contributed by atoms with Crippen molar-refractivity contribution in [3.63, 3.8) is 0 Å². The van der Waals surface area contributed by atoms with E-state index in [-0.39, 0.29) is 141 Å². The highest BCUT2D eigenvalue weighted by molar-refractivity contribution is 6.36. The minimum Gasteiger partial charge on any atom is -0.494 e. The summed E-state index contributed by atoms with van der Waals surface area (Å²) in [4.78, 5) is 145. The summed E-state index contributed by atoms with van der Waals surface area (Å²) in [5, 5.41) is 55.1. The summed E-state index contributed by atoms with van der Waals surface area (Å²) in [7, 11) is 2.79. The fourth-order valence-electron chi connectivity index (χ4n) is 15.1. The Balaban J connectivity index is 0.000000127. The standard InChI is InChI=1S/C15H15FN2O4.C15H15FN2O3.C15H14FNO4.C15H14FNO3.C14H11ClFNO3.C13H11FN2O3/c1-6-10(16)11(17)9-12(14(6)22-2)18(7-3-4-7)5-8(13(9)19)15(20)21;1-6-7(2)13-10(12(17)11(6)16)14(19)9(15(20)21)5-18(13)8-3-4-8;1-7-11(16)5-9-12(14(7)21-2)17(8-3-4-8)6-10(13(9)18)15(19)20;1-7-8(2)13-10(5-12(7)16)14(18)11(15(19)20)6-17(13)9-3-4-9;1-6-10(16)4-8-12(11(6)15)17(7-2-3-7)5-9(13(8)18)14(19)20;1-6-10(14)4-8-11(17)9(13(18)19)5-16(7-2-3-7)12(8)15-6/h5,7H,3-4,17H2,1-2H3,(H,20,21);5,8H,3-4,17H2,1-2H3,(H,20,21);5-6,8H,3-4H2,1-2H3,(H,19,20);5-6,9H,3-4H2,1-2H3,(H,19,20);4-5,7H,2-3H2,1H3,(H,19,20);4-5,7H,2-3H2,1H3,(H,18,19). The van der Waals surface area contributed by atoms with Gasteiger partial charge in [0, 0.05) is 95.5 Å². The van der Waals surface area contributed by atoms with E-state index in [1.54, 1.807) is 57.5 Å². The first-order chi connectivity index (χ1) is 58.0. The largest absolute Gasteiger partial charge is 0.494 e. The van der Waals surface area contributed by atoms with Crippen molar-refractivity contribution in [1.29, 1.82) is 0 Å². The van der Waals surface area contributed by atoms with Gasteiger partial charge in [-0.25, -0.2) is 60.1 Å². The van der Waals surface area contributed by atoms with Crippen LogP contribution in [0.15, 0.2) is 90.2 Å². The van der Waals surface area contributed by atoms with Crippen molar-refractivity contribution >= 4 is 124 Å². The van der Waals surface area contributed by atoms with Crippen molar-refractivity contribution in [3.8, 4) is 11.5 Å². The monoisotopic (exact) mass is 1720 g/mol. The Kier molecular flexibility index (Phi) is 23.5. The van der Waals surface area contributed by atoms with Crippen LogP contribution in [-0.2, 0) is 0 Å². The van der Waals surface area contributed by atoms with E-state index in [4.69, 9.17) is 53.0 Å². The molecule has 0 spiro atoms. The molecule has 12 aromatic rings. The van der Waals surface area contributed by atoms with Crippen molar-refractivity contribution in [1.82, 2.24) is 32.4 Å². The molecule has 10 N–H and O–H groups in total. The number of nitrogens with zero attached hydrogens (tertiary/aromatic N) is 7. The van der Waals surface area contributed by atoms with Crippen LogP contribution < -0.4 is 53.5 Å². The van der Waals surface area contributed by atoms with E-state index in [0.717, 1.165) is 101 Å². The minimum absolute atomic E-state index is 0.0184. The van der Waals surface area contributed by atoms with E-state index in [2.05, 4.69) is 4.98 Å². The summed E-state index contributed by atoms with van der Waals surface area (Å²) < 4.78 is 105. The molecule has 29 nitrogen and oxygen atoms in total. The van der Waals surface area contributed by atoms with Gasteiger partial charge in [0.2, 0.25) is 32.6 Å². The maximum atomic E-state index is 14.3. The number of aromatic nitrogens is 7. The van der Waals surface area contributed by atoms with Crippen LogP contribution in [0.2, 0.25) is 5.02 Å². The zero-order valence-electron chi connectivity index (χ0n) is 67.6. The lowest BCUT2D eigenvalue weighted by Crippen LogP contribution is -2.21. The van der Waals surface area contributed by atoms with Gasteiger partial charge in [0.05, 0.1) is 90.8 Å². The van der Waals surface area contributed by atoms with Crippen molar-refractivity contribution in [2.45, 2.75) is 169 Å². The van der Waals surface area contributed by atoms with Crippen LogP contribution >= 0.6 is 11.6 Å². The Bertz CT molecular complexity index is 6930. The van der Waals surface area contributed by atoms with E-state index in [1.807, 2.05) is 4.57 Å². The number of carbonyl (C=O) groups is 6. The second kappa shape index (κ2) is 33.1. The number of methoxy groups -OCH3 is 2. The highest BCUT2D eigenvalue weighted by Gasteiger charge is 2.37. The Morgan fingerprint density at radius 2 is 0.626 bits per heavy atom. The molecule has 6 aliphatic carbocycles. The fraction of sp³-hybridized carbons (Fsp3) is 0.322. The van der Waals surface area contributed by atoms with Gasteiger partial charge in [0.15, 0.2) is 5.82 Å². The average molecular weight is 1720 g/mol. The molecule has 36 heteroatoms. The Hall–Kier alpha value is -13.6. The molecule has 7 aromatic heterocycles. The number of pyridine rings is 7. The van der Waals surface area contributed by atoms with Crippen LogP contribution in [-0.4, -0.2) is 113 Å². The maximum Gasteiger partial charge on any atom is 0.341 e. The van der Waals surface area contributed by atoms with E-state index < -0.39 is 109 Å². The minimum atomic E-state index is -1.36. The van der Waals surface area contributed by atoms with Gasteiger partial charge in [-0.3, -0.25) is 28.8 Å². The van der Waals surface area contributed by atoms with Gasteiger partial charge in [-0.1, -0.05) is 11.6 Å². The van der Waals surface area contributed by atoms with Crippen LogP contribution in [0.1, 0.15) is 220 Å². The molecule has 0 unspecified atom stereocenters. The SMILES string of the molecule is COc1c(C)c(F)c(N)c2c(=O)c(C(=O)O)cn(C3CC3)c12.COc1c(C)c(F)cc2c(=O)c(C(=O)O)cn(C3CC3)c12.Cc1c(F)c(N)c2c(=O)c(C(=O)O)cn(C3CC3)c2c1C.Cc1c(F)cc2c(=O)c(C(=O)O)cn(C3CC3)c2c1C.Cc1c(F)cc2c(=O)c(C(=O)O)cn(C3CC3)c2c1Cl.Cc1nc2c(cc1F)c(=O)c(C(=O)O)cn2C1CC1. The van der Waals surface area contributed by atoms with Crippen molar-refractivity contribution < 1.29 is 95.2 Å². The molecule has 123 heavy (non-hydrogen) atoms. The number of fused-ring (bicyclic) bond motifs is 6. The summed E-state index contributed by atoms with van der Waals surface area (Å²) in [6.45, 7) is 12.9. The average Bonchev–Trinajstić information content (AvgIpc) is 1.57. The highest BCUT2D eigenvalue weighted by Crippen LogP contribution is 2.46. The predicted octanol–water partition coefficient (Wildman–Crippen LogP) is 14.7. The van der Waals surface area contributed by atoms with Crippen LogP contribution in [0.4, 0.5) is 37.7 Å². The second-order valence-electron chi connectivity index (χ2n) is 31.2. The third kappa shape index (κ3) is 16.1. The molecule has 0 saturated heterocycles. The van der Waals surface area contributed by atoms with Gasteiger partial charge >= 0.3 is 35.8 Å². The first kappa shape index (κ1) is 87.2. The fourth-order valence-corrected chi connectivity index (χ4v) is 15.4. The van der Waals surface area contributed by atoms with Gasteiger partial charge in [0.1, 0.15) is 79.6 Å². The topological polar surface area (TPSA) is 439 Å². The van der Waals surface area contributed by atoms with Crippen LogP contribution in [0, 0.1) is 90.3 Å². The first-order valence-electron chi connectivity index (χ1n) is 38.7. The Morgan fingerprint density at radius 3 is 1.02 bits per heavy atom. The van der Waals surface area contributed by atoms with Crippen molar-refractivity contribution in [3.05, 3.63) is 241 Å². The lowest BCUT2D eigenvalue weighted by molar-refractivity contribution is 0.0684. The number of aryl methyl sites for hydroxylation is 3. The molecule has 0 atom stereocenters. The molecule has 0 amide bonds. The molecule has 0 radical (unpaired) electrons. The number of hydrogen-bond acceptors (Lipinski definition) is 17. The number of aromatic carboxylic acids is 6. The molecule has 6 saturated carbocycles. The molecular weight excluding hydrogens is 1640 g/mol. The smallest absolute Gasteiger partial charge is 0.341 e. The zero-order valence-corrected chi connectivity index (χ0v) is 68.3. The van der Waals surface area contributed by atoms with Gasteiger partial charge < -0.3 is 79.0 Å². The summed E-state index contributed by atoms with van der Waals surface area (Å²) in [5.74, 6) is -11.1. The van der Waals surface area contributed by atoms with E-state index in [1.165, 1.54) is 72.2 Å². The number of halogens is 7. The third-order valence-corrected chi connectivity index (χ3v) is 23.4. The number of ether oxygens (including phenoxy) is 2. The number of carboxylic acids is 6. The third-order valence-electron chi connectivity index (χ3n) is 22.9. The lowest BCUT2D eigenvalue weighted by atomic mass is 10.00. The Morgan fingerprint density at radius 1 is 0.350 bits per heavy atom. The van der Waals surface area contributed by atoms with E-state index >= 15 is 0 Å². The normalized spacial score (nSPS) is 14.6. The number of rotatable bonds is 14. The van der Waals surface area contributed by atoms with Crippen LogP contribution in [0.5, 0.6) is 11.5 Å². The number of nitrogen functional groups attached to an aromatic ring is 2. The maximum absolute atomic E-state index is 14.3. The Labute approximate surface area is 695 Å². The summed E-state index contributed by atoms with van der Waals surface area (Å²) in [6, 6.07) is 5.23. The number of hydrogen-bond donors (Lipinski definition) is 8. The summed E-state index contributed by atoms with van der Waals surface area (Å²) in [6.07, 6.45) is 18.9. The number of anilines is 2. The van der Waals surface area contributed by atoms with Gasteiger partial charge in [-0.2, -0.15) is 0 Å². The molecule has 18 rings (SSSR count). The number of nitrogens with two attached hydrogens (primary N) is 2. The molecule has 642 valence electrons. The van der Waals surface area contributed by atoms with E-state index in [0.29, 0.717) is 61.0 Å². The molecule has 6 fully saturated rings. The molecule has 0 bridgehead atoms. The zero-order chi connectivity index (χ0) is 89.9. The first-order valence-corrected chi connectivity index (χ1v) is 39.1. The van der Waals surface area contributed by atoms with Crippen LogP contribution in [0.25, 0.3) is 65.5 Å². The lowest BCUT2D eigenvalue weighted by Gasteiger charge is -2.18. The molecule has 0 aliphatic heterocycles. The molecular formula is C87H80ClF6N9O20. The van der Waals surface area contributed by atoms with Gasteiger partial charge in [-0.15, -0.1) is 0 Å².